The van der Waals surface area contributed by atoms with Crippen molar-refractivity contribution in [1.82, 2.24) is 0 Å². The highest BCUT2D eigenvalue weighted by Crippen LogP contribution is 1.94. The summed E-state index contributed by atoms with van der Waals surface area (Å²) in [6.45, 7) is 2.32. The number of aliphatic hydroxyl groups is 2. The van der Waals surface area contributed by atoms with Crippen LogP contribution in [0, 0.1) is 0 Å². The summed E-state index contributed by atoms with van der Waals surface area (Å²) in [6.07, 6.45) is 0. The number of rotatable bonds is 17. The van der Waals surface area contributed by atoms with E-state index >= 15 is 0 Å². The molecule has 10 nitrogen and oxygen atoms in total. The second-order valence-corrected chi connectivity index (χ2v) is 4.39. The van der Waals surface area contributed by atoms with Crippen LogP contribution in [-0.2, 0) is 18.9 Å². The Balaban J connectivity index is 4.82. The number of hydrogen-bond donors (Lipinski definition) is 4. The standard InChI is InChI=1S/C14H30N4O6/c15-1-5-24-12-18-14(10-22-8-4-20)13(9-21-7-3-19)17-2-6-23-11-16/h19-20H,1-12,15-16H2. The van der Waals surface area contributed by atoms with Gasteiger partial charge in [0, 0.05) is 6.54 Å². The molecule has 0 radical (unpaired) electrons. The zero-order valence-electron chi connectivity index (χ0n) is 14.1. The number of ether oxygens (including phenoxy) is 4. The Morgan fingerprint density at radius 1 is 0.750 bits per heavy atom. The molecule has 0 atom stereocenters. The van der Waals surface area contributed by atoms with Gasteiger partial charge in [-0.05, 0) is 0 Å². The van der Waals surface area contributed by atoms with Gasteiger partial charge in [-0.2, -0.15) is 0 Å². The summed E-state index contributed by atoms with van der Waals surface area (Å²) in [7, 11) is 0. The summed E-state index contributed by atoms with van der Waals surface area (Å²) in [6, 6.07) is 0. The molecule has 0 aromatic rings. The maximum atomic E-state index is 8.82. The molecule has 0 heterocycles. The Bertz CT molecular complexity index is 309. The quantitative estimate of drug-likeness (QED) is 0.130. The minimum Gasteiger partial charge on any atom is -0.394 e. The van der Waals surface area contributed by atoms with Crippen LogP contribution >= 0.6 is 0 Å². The Hall–Kier alpha value is -0.980. The average Bonchev–Trinajstić information content (AvgIpc) is 2.59. The SMILES string of the molecule is NCCOCN=C(COCCO)C(COCCO)=NCCOCN. The monoisotopic (exact) mass is 350 g/mol. The molecule has 0 fully saturated rings. The average molecular weight is 350 g/mol. The van der Waals surface area contributed by atoms with E-state index in [1.54, 1.807) is 0 Å². The Morgan fingerprint density at radius 2 is 1.38 bits per heavy atom. The van der Waals surface area contributed by atoms with Crippen LogP contribution in [0.2, 0.25) is 0 Å². The predicted octanol–water partition coefficient (Wildman–Crippen LogP) is -2.25. The molecule has 0 rings (SSSR count). The summed E-state index contributed by atoms with van der Waals surface area (Å²) < 4.78 is 20.9. The molecule has 0 aromatic carbocycles. The summed E-state index contributed by atoms with van der Waals surface area (Å²) in [4.78, 5) is 8.69. The molecule has 24 heavy (non-hydrogen) atoms. The van der Waals surface area contributed by atoms with E-state index in [2.05, 4.69) is 9.98 Å². The van der Waals surface area contributed by atoms with E-state index in [9.17, 15) is 0 Å². The fourth-order valence-corrected chi connectivity index (χ4v) is 1.51. The zero-order valence-corrected chi connectivity index (χ0v) is 14.1. The van der Waals surface area contributed by atoms with E-state index < -0.39 is 0 Å². The normalized spacial score (nSPS) is 12.8. The second kappa shape index (κ2) is 18.4. The molecular formula is C14H30N4O6. The molecular weight excluding hydrogens is 320 g/mol. The maximum Gasteiger partial charge on any atom is 0.137 e. The topological polar surface area (TPSA) is 154 Å². The van der Waals surface area contributed by atoms with Crippen LogP contribution in [0.3, 0.4) is 0 Å². The van der Waals surface area contributed by atoms with Crippen molar-refractivity contribution < 1.29 is 29.2 Å². The molecule has 0 aliphatic heterocycles. The van der Waals surface area contributed by atoms with Gasteiger partial charge in [-0.25, -0.2) is 0 Å². The first kappa shape index (κ1) is 23.0. The van der Waals surface area contributed by atoms with Crippen molar-refractivity contribution in [3.63, 3.8) is 0 Å². The van der Waals surface area contributed by atoms with Crippen LogP contribution in [0.4, 0.5) is 0 Å². The van der Waals surface area contributed by atoms with Crippen LogP contribution in [0.25, 0.3) is 0 Å². The molecule has 0 saturated carbocycles. The highest BCUT2D eigenvalue weighted by atomic mass is 16.5. The first-order valence-corrected chi connectivity index (χ1v) is 7.80. The van der Waals surface area contributed by atoms with Crippen LogP contribution in [0.15, 0.2) is 9.98 Å². The predicted molar refractivity (Wildman–Crippen MR) is 90.4 cm³/mol. The summed E-state index contributed by atoms with van der Waals surface area (Å²) in [5.74, 6) is 0. The lowest BCUT2D eigenvalue weighted by Gasteiger charge is -2.12. The minimum absolute atomic E-state index is 0.0866. The lowest BCUT2D eigenvalue weighted by Crippen LogP contribution is -2.28. The molecule has 6 N–H and O–H groups in total. The van der Waals surface area contributed by atoms with Crippen molar-refractivity contribution in [2.24, 2.45) is 21.5 Å². The van der Waals surface area contributed by atoms with Gasteiger partial charge in [0.05, 0.1) is 77.6 Å². The number of nitrogens with zero attached hydrogens (tertiary/aromatic N) is 2. The zero-order chi connectivity index (χ0) is 17.9. The van der Waals surface area contributed by atoms with Crippen molar-refractivity contribution in [2.45, 2.75) is 0 Å². The molecule has 0 aliphatic rings. The fraction of sp³-hybridized carbons (Fsp3) is 0.857. The van der Waals surface area contributed by atoms with Crippen LogP contribution in [0.5, 0.6) is 0 Å². The van der Waals surface area contributed by atoms with Gasteiger partial charge in [0.2, 0.25) is 0 Å². The van der Waals surface area contributed by atoms with E-state index in [1.807, 2.05) is 0 Å². The van der Waals surface area contributed by atoms with E-state index in [4.69, 9.17) is 40.6 Å². The molecule has 10 heteroatoms. The van der Waals surface area contributed by atoms with E-state index in [1.165, 1.54) is 0 Å². The number of aliphatic imine (C=N–C) groups is 2. The summed E-state index contributed by atoms with van der Waals surface area (Å²) in [5, 5.41) is 17.6. The molecule has 0 amide bonds. The summed E-state index contributed by atoms with van der Waals surface area (Å²) in [5.41, 5.74) is 11.7. The van der Waals surface area contributed by atoms with Gasteiger partial charge in [0.15, 0.2) is 0 Å². The molecule has 0 saturated heterocycles. The Morgan fingerprint density at radius 3 is 1.92 bits per heavy atom. The largest absolute Gasteiger partial charge is 0.394 e. The van der Waals surface area contributed by atoms with Gasteiger partial charge in [-0.15, -0.1) is 0 Å². The maximum absolute atomic E-state index is 8.82. The first-order valence-electron chi connectivity index (χ1n) is 7.80. The van der Waals surface area contributed by atoms with Gasteiger partial charge < -0.3 is 40.6 Å². The lowest BCUT2D eigenvalue weighted by atomic mass is 10.2. The Labute approximate surface area is 142 Å². The van der Waals surface area contributed by atoms with Gasteiger partial charge in [-0.1, -0.05) is 0 Å². The van der Waals surface area contributed by atoms with Crippen molar-refractivity contribution in [3.8, 4) is 0 Å². The van der Waals surface area contributed by atoms with Crippen LogP contribution < -0.4 is 11.5 Å². The second-order valence-electron chi connectivity index (χ2n) is 4.39. The van der Waals surface area contributed by atoms with Gasteiger partial charge in [0.1, 0.15) is 6.73 Å². The van der Waals surface area contributed by atoms with Crippen molar-refractivity contribution >= 4 is 11.4 Å². The number of aliphatic hydroxyl groups excluding tert-OH is 2. The molecule has 0 spiro atoms. The number of hydrogen-bond acceptors (Lipinski definition) is 10. The Kier molecular flexibility index (Phi) is 17.6. The molecule has 142 valence electrons. The van der Waals surface area contributed by atoms with Crippen LogP contribution in [0.1, 0.15) is 0 Å². The van der Waals surface area contributed by atoms with Crippen molar-refractivity contribution in [1.29, 1.82) is 0 Å². The molecule has 0 aromatic heterocycles. The number of nitrogens with two attached hydrogens (primary N) is 2. The third-order valence-electron chi connectivity index (χ3n) is 2.55. The van der Waals surface area contributed by atoms with Crippen molar-refractivity contribution in [2.75, 3.05) is 79.4 Å². The third-order valence-corrected chi connectivity index (χ3v) is 2.55. The van der Waals surface area contributed by atoms with E-state index in [-0.39, 0.29) is 53.1 Å². The highest BCUT2D eigenvalue weighted by molar-refractivity contribution is 6.43. The lowest BCUT2D eigenvalue weighted by molar-refractivity contribution is 0.113. The van der Waals surface area contributed by atoms with Crippen LogP contribution in [-0.4, -0.2) is 101 Å². The highest BCUT2D eigenvalue weighted by Gasteiger charge is 2.10. The molecule has 0 unspecified atom stereocenters. The van der Waals surface area contributed by atoms with E-state index in [0.29, 0.717) is 37.7 Å². The van der Waals surface area contributed by atoms with Crippen molar-refractivity contribution in [3.05, 3.63) is 0 Å². The first-order chi connectivity index (χ1) is 11.8. The summed E-state index contributed by atoms with van der Waals surface area (Å²) >= 11 is 0. The molecule has 0 aliphatic carbocycles. The third kappa shape index (κ3) is 13.5. The van der Waals surface area contributed by atoms with E-state index in [0.717, 1.165) is 0 Å². The fourth-order valence-electron chi connectivity index (χ4n) is 1.51. The van der Waals surface area contributed by atoms with Gasteiger partial charge in [-0.3, -0.25) is 9.98 Å². The van der Waals surface area contributed by atoms with Gasteiger partial charge >= 0.3 is 0 Å². The van der Waals surface area contributed by atoms with Gasteiger partial charge in [0.25, 0.3) is 0 Å². The minimum atomic E-state index is -0.0885. The molecule has 0 bridgehead atoms. The smallest absolute Gasteiger partial charge is 0.137 e.